The summed E-state index contributed by atoms with van der Waals surface area (Å²) in [4.78, 5) is 61.3. The van der Waals surface area contributed by atoms with Crippen molar-refractivity contribution >= 4 is 29.5 Å². The molecule has 16 heteroatoms. The summed E-state index contributed by atoms with van der Waals surface area (Å²) >= 11 is 0. The fourth-order valence-corrected chi connectivity index (χ4v) is 3.89. The minimum Gasteiger partial charge on any atom is -0.454 e. The number of ketones is 1. The number of aliphatic hydroxyl groups excluding tert-OH is 1. The Morgan fingerprint density at radius 3 is 2.17 bits per heavy atom. The molecule has 3 amide bonds. The number of alkyl halides is 6. The van der Waals surface area contributed by atoms with Crippen LogP contribution >= 0.6 is 0 Å². The molecule has 0 aliphatic carbocycles. The lowest BCUT2D eigenvalue weighted by atomic mass is 9.96. The number of hydrogen-bond donors (Lipinski definition) is 4. The molecule has 0 aromatic heterocycles. The first-order valence-corrected chi connectivity index (χ1v) is 12.1. The number of halogens is 6. The van der Waals surface area contributed by atoms with Crippen molar-refractivity contribution in [3.63, 3.8) is 0 Å². The van der Waals surface area contributed by atoms with Crippen LogP contribution in [0.3, 0.4) is 0 Å². The molecule has 1 aliphatic rings. The number of benzene rings is 1. The Kier molecular flexibility index (Phi) is 11.5. The monoisotopic (exact) mass is 583 g/mol. The van der Waals surface area contributed by atoms with Gasteiger partial charge in [0.1, 0.15) is 0 Å². The summed E-state index contributed by atoms with van der Waals surface area (Å²) in [6.45, 7) is -1.76. The van der Waals surface area contributed by atoms with Crippen LogP contribution in [0, 0.1) is 5.92 Å². The van der Waals surface area contributed by atoms with Crippen molar-refractivity contribution in [2.75, 3.05) is 26.3 Å². The van der Waals surface area contributed by atoms with Gasteiger partial charge in [-0.25, -0.2) is 4.79 Å². The van der Waals surface area contributed by atoms with Gasteiger partial charge in [-0.1, -0.05) is 6.07 Å². The number of unbranched alkanes of at least 4 members (excludes halogenated alkanes) is 1. The first kappa shape index (κ1) is 32.5. The van der Waals surface area contributed by atoms with E-state index in [1.807, 2.05) is 0 Å². The van der Waals surface area contributed by atoms with Crippen LogP contribution < -0.4 is 16.0 Å². The first-order chi connectivity index (χ1) is 18.6. The lowest BCUT2D eigenvalue weighted by Crippen LogP contribution is -2.48. The van der Waals surface area contributed by atoms with Crippen LogP contribution in [0.25, 0.3) is 0 Å². The van der Waals surface area contributed by atoms with Crippen LogP contribution in [0.5, 0.6) is 0 Å². The van der Waals surface area contributed by atoms with E-state index in [9.17, 15) is 50.3 Å². The van der Waals surface area contributed by atoms with E-state index < -0.39 is 83.6 Å². The molecule has 2 rings (SSSR count). The Labute approximate surface area is 223 Å². The van der Waals surface area contributed by atoms with Gasteiger partial charge >= 0.3 is 18.3 Å². The smallest absolute Gasteiger partial charge is 0.417 e. The molecule has 10 nitrogen and oxygen atoms in total. The van der Waals surface area contributed by atoms with Gasteiger partial charge in [0.05, 0.1) is 29.3 Å². The van der Waals surface area contributed by atoms with E-state index in [-0.39, 0.29) is 44.5 Å². The number of rotatable bonds is 13. The van der Waals surface area contributed by atoms with Crippen molar-refractivity contribution in [3.05, 3.63) is 34.9 Å². The standard InChI is InChI=1S/C24H27F6N3O7/c25-23(26,27)14-4-3-5-15(24(28,29)30)20(14)22(39)40-12-17(35)16(10-13-7-8-31-21(13)38)33-19(37)11-32-18(36)6-1-2-9-34/h3-5,13,16,34H,1-2,6-12H2,(H,31,38)(H,32,36)(H,33,37)/t13-,16-/m0/s1. The van der Waals surface area contributed by atoms with Gasteiger partial charge in [0, 0.05) is 25.5 Å². The molecule has 2 atom stereocenters. The van der Waals surface area contributed by atoms with Gasteiger partial charge in [-0.15, -0.1) is 0 Å². The van der Waals surface area contributed by atoms with E-state index >= 15 is 0 Å². The van der Waals surface area contributed by atoms with Crippen molar-refractivity contribution in [2.45, 2.75) is 50.5 Å². The quantitative estimate of drug-likeness (QED) is 0.157. The highest BCUT2D eigenvalue weighted by molar-refractivity contribution is 5.97. The summed E-state index contributed by atoms with van der Waals surface area (Å²) in [5.41, 5.74) is -5.65. The number of aliphatic hydroxyl groups is 1. The average Bonchev–Trinajstić information content (AvgIpc) is 3.28. The maximum atomic E-state index is 13.4. The van der Waals surface area contributed by atoms with Gasteiger partial charge in [0.2, 0.25) is 17.7 Å². The molecule has 1 aliphatic heterocycles. The first-order valence-electron chi connectivity index (χ1n) is 12.1. The minimum atomic E-state index is -5.35. The molecule has 1 aromatic rings. The number of carbonyl (C=O) groups is 5. The van der Waals surface area contributed by atoms with E-state index in [2.05, 4.69) is 20.7 Å². The third-order valence-electron chi connectivity index (χ3n) is 5.89. The maximum Gasteiger partial charge on any atom is 0.417 e. The van der Waals surface area contributed by atoms with Crippen molar-refractivity contribution in [1.82, 2.24) is 16.0 Å². The van der Waals surface area contributed by atoms with Gasteiger partial charge in [-0.2, -0.15) is 26.3 Å². The lowest BCUT2D eigenvalue weighted by molar-refractivity contribution is -0.144. The van der Waals surface area contributed by atoms with Gasteiger partial charge in [0.15, 0.2) is 12.4 Å². The van der Waals surface area contributed by atoms with E-state index in [0.29, 0.717) is 18.9 Å². The van der Waals surface area contributed by atoms with E-state index in [4.69, 9.17) is 5.11 Å². The molecule has 40 heavy (non-hydrogen) atoms. The predicted octanol–water partition coefficient (Wildman–Crippen LogP) is 1.74. The molecular formula is C24H27F6N3O7. The van der Waals surface area contributed by atoms with Crippen LogP contribution in [-0.4, -0.2) is 66.9 Å². The highest BCUT2D eigenvalue weighted by atomic mass is 19.4. The minimum absolute atomic E-state index is 0.00765. The van der Waals surface area contributed by atoms with Crippen molar-refractivity contribution in [3.8, 4) is 0 Å². The molecular weight excluding hydrogens is 556 g/mol. The molecule has 0 bridgehead atoms. The van der Waals surface area contributed by atoms with Crippen LogP contribution in [0.2, 0.25) is 0 Å². The Morgan fingerprint density at radius 2 is 1.65 bits per heavy atom. The lowest BCUT2D eigenvalue weighted by Gasteiger charge is -2.21. The van der Waals surface area contributed by atoms with Crippen LogP contribution in [-0.2, 0) is 36.3 Å². The highest BCUT2D eigenvalue weighted by Crippen LogP contribution is 2.39. The fourth-order valence-electron chi connectivity index (χ4n) is 3.89. The number of esters is 1. The van der Waals surface area contributed by atoms with E-state index in [1.165, 1.54) is 0 Å². The summed E-state index contributed by atoms with van der Waals surface area (Å²) < 4.78 is 84.7. The van der Waals surface area contributed by atoms with Crippen LogP contribution in [0.4, 0.5) is 26.3 Å². The molecule has 1 heterocycles. The zero-order chi connectivity index (χ0) is 30.1. The summed E-state index contributed by atoms with van der Waals surface area (Å²) in [5.74, 6) is -5.79. The zero-order valence-electron chi connectivity index (χ0n) is 20.9. The fraction of sp³-hybridized carbons (Fsp3) is 0.542. The van der Waals surface area contributed by atoms with Gasteiger partial charge < -0.3 is 25.8 Å². The molecule has 1 aromatic carbocycles. The highest BCUT2D eigenvalue weighted by Gasteiger charge is 2.43. The Morgan fingerprint density at radius 1 is 1.02 bits per heavy atom. The predicted molar refractivity (Wildman–Crippen MR) is 123 cm³/mol. The second kappa shape index (κ2) is 14.1. The number of Topliss-reactive ketones (excluding diaryl/α,β-unsaturated/α-hetero) is 1. The number of carbonyl (C=O) groups excluding carboxylic acids is 5. The molecule has 222 valence electrons. The molecule has 1 saturated heterocycles. The summed E-state index contributed by atoms with van der Waals surface area (Å²) in [6, 6.07) is -0.529. The van der Waals surface area contributed by atoms with E-state index in [0.717, 1.165) is 0 Å². The Bertz CT molecular complexity index is 1080. The number of hydrogen-bond acceptors (Lipinski definition) is 7. The third-order valence-corrected chi connectivity index (χ3v) is 5.89. The third kappa shape index (κ3) is 9.50. The number of amides is 3. The second-order valence-electron chi connectivity index (χ2n) is 8.86. The summed E-state index contributed by atoms with van der Waals surface area (Å²) in [6.07, 6.45) is -10.0. The second-order valence-corrected chi connectivity index (χ2v) is 8.86. The van der Waals surface area contributed by atoms with E-state index in [1.54, 1.807) is 0 Å². The van der Waals surface area contributed by atoms with Gasteiger partial charge in [-0.3, -0.25) is 19.2 Å². The van der Waals surface area contributed by atoms with Gasteiger partial charge in [-0.05, 0) is 37.8 Å². The summed E-state index contributed by atoms with van der Waals surface area (Å²) in [5, 5.41) is 15.8. The van der Waals surface area contributed by atoms with Crippen molar-refractivity contribution in [2.24, 2.45) is 5.92 Å². The number of ether oxygens (including phenoxy) is 1. The van der Waals surface area contributed by atoms with Crippen LogP contribution in [0.1, 0.15) is 53.6 Å². The largest absolute Gasteiger partial charge is 0.454 e. The Balaban J connectivity index is 2.15. The molecule has 0 spiro atoms. The van der Waals surface area contributed by atoms with Crippen molar-refractivity contribution < 1.29 is 60.2 Å². The SMILES string of the molecule is O=C(CCCCO)NCC(=O)N[C@@H](C[C@@H]1CCNC1=O)C(=O)COC(=O)c1c(C(F)(F)F)cccc1C(F)(F)F. The normalized spacial score (nSPS) is 16.2. The maximum absolute atomic E-state index is 13.4. The molecule has 0 saturated carbocycles. The zero-order valence-corrected chi connectivity index (χ0v) is 20.9. The molecule has 0 unspecified atom stereocenters. The average molecular weight is 583 g/mol. The molecule has 1 fully saturated rings. The molecule has 4 N–H and O–H groups in total. The Hall–Kier alpha value is -3.69. The topological polar surface area (TPSA) is 151 Å². The summed E-state index contributed by atoms with van der Waals surface area (Å²) in [7, 11) is 0. The molecule has 0 radical (unpaired) electrons. The van der Waals surface area contributed by atoms with Crippen LogP contribution in [0.15, 0.2) is 18.2 Å². The van der Waals surface area contributed by atoms with Gasteiger partial charge in [0.25, 0.3) is 0 Å². The number of nitrogens with one attached hydrogen (secondary N) is 3. The van der Waals surface area contributed by atoms with Crippen molar-refractivity contribution in [1.29, 1.82) is 0 Å².